The molecule has 7 nitrogen and oxygen atoms in total. The second kappa shape index (κ2) is 9.50. The number of nitrogens with zero attached hydrogens (tertiary/aromatic N) is 1. The summed E-state index contributed by atoms with van der Waals surface area (Å²) in [5.74, 6) is -0.352. The third-order valence-electron chi connectivity index (χ3n) is 5.56. The van der Waals surface area contributed by atoms with E-state index in [2.05, 4.69) is 22.5 Å². The number of urea groups is 1. The molecule has 2 aliphatic rings. The number of carbonyl (C=O) groups excluding carboxylic acids is 2. The number of aryl methyl sites for hydroxylation is 1. The van der Waals surface area contributed by atoms with Crippen LogP contribution in [0.25, 0.3) is 0 Å². The third kappa shape index (κ3) is 5.03. The number of amides is 2. The summed E-state index contributed by atoms with van der Waals surface area (Å²) in [5.41, 5.74) is 3.61. The topological polar surface area (TPSA) is 75.1 Å². The molecule has 1 fully saturated rings. The lowest BCUT2D eigenvalue weighted by molar-refractivity contribution is -0.896. The van der Waals surface area contributed by atoms with Crippen LogP contribution in [-0.4, -0.2) is 57.4 Å². The fourth-order valence-corrected chi connectivity index (χ4v) is 4.18. The maximum Gasteiger partial charge on any atom is 0.338 e. The van der Waals surface area contributed by atoms with Gasteiger partial charge in [-0.3, -0.25) is 0 Å². The van der Waals surface area contributed by atoms with Crippen molar-refractivity contribution in [1.82, 2.24) is 10.6 Å². The van der Waals surface area contributed by atoms with Crippen LogP contribution < -0.4 is 20.4 Å². The molecule has 0 aliphatic carbocycles. The molecular formula is C21H30ClN4O3+. The van der Waals surface area contributed by atoms with Gasteiger partial charge in [-0.15, -0.1) is 0 Å². The standard InChI is InChI=1S/C21H29ClN4O3/c1-4-16-19(20(27)29-5-2)17(24-21(28)23-16)13-25-8-10-26(11-9-25)18-12-15(22)7-6-14(18)3/h6-7,12,16H,4-5,8-11,13H2,1-3H3,(H2,23,24,28)/p+1/t16-/m0/s1. The van der Waals surface area contributed by atoms with Gasteiger partial charge in [0, 0.05) is 10.7 Å². The molecular weight excluding hydrogens is 392 g/mol. The SMILES string of the molecule is CCOC(=O)C1=C(C[NH+]2CCN(c3cc(Cl)ccc3C)CC2)NC(=O)N[C@H]1CC. The highest BCUT2D eigenvalue weighted by Crippen LogP contribution is 2.24. The van der Waals surface area contributed by atoms with Crippen LogP contribution in [-0.2, 0) is 9.53 Å². The van der Waals surface area contributed by atoms with E-state index in [1.807, 2.05) is 25.1 Å². The lowest BCUT2D eigenvalue weighted by Gasteiger charge is -2.36. The number of rotatable bonds is 6. The van der Waals surface area contributed by atoms with E-state index in [0.29, 0.717) is 30.8 Å². The minimum atomic E-state index is -0.352. The Morgan fingerprint density at radius 1 is 1.31 bits per heavy atom. The van der Waals surface area contributed by atoms with Gasteiger partial charge in [-0.25, -0.2) is 9.59 Å². The minimum absolute atomic E-state index is 0.257. The Morgan fingerprint density at radius 3 is 2.69 bits per heavy atom. The Morgan fingerprint density at radius 2 is 2.03 bits per heavy atom. The third-order valence-corrected chi connectivity index (χ3v) is 5.79. The summed E-state index contributed by atoms with van der Waals surface area (Å²) in [6, 6.07) is 5.40. The average Bonchev–Trinajstić information content (AvgIpc) is 2.70. The van der Waals surface area contributed by atoms with Crippen molar-refractivity contribution >= 4 is 29.3 Å². The molecule has 3 N–H and O–H groups in total. The second-order valence-electron chi connectivity index (χ2n) is 7.52. The normalized spacial score (nSPS) is 20.3. The van der Waals surface area contributed by atoms with Crippen LogP contribution in [0.2, 0.25) is 5.02 Å². The molecule has 3 rings (SSSR count). The van der Waals surface area contributed by atoms with Crippen LogP contribution in [0.3, 0.4) is 0 Å². The molecule has 0 radical (unpaired) electrons. The van der Waals surface area contributed by atoms with E-state index < -0.39 is 0 Å². The summed E-state index contributed by atoms with van der Waals surface area (Å²) in [4.78, 5) is 28.3. The zero-order valence-corrected chi connectivity index (χ0v) is 18.1. The summed E-state index contributed by atoms with van der Waals surface area (Å²) in [5, 5.41) is 6.42. The van der Waals surface area contributed by atoms with Crippen molar-refractivity contribution in [3.05, 3.63) is 40.1 Å². The number of anilines is 1. The molecule has 2 amide bonds. The summed E-state index contributed by atoms with van der Waals surface area (Å²) in [6.45, 7) is 10.3. The molecule has 1 aromatic rings. The van der Waals surface area contributed by atoms with E-state index in [9.17, 15) is 9.59 Å². The molecule has 158 valence electrons. The molecule has 1 atom stereocenters. The number of halogens is 1. The molecule has 29 heavy (non-hydrogen) atoms. The number of carbonyl (C=O) groups is 2. The van der Waals surface area contributed by atoms with E-state index in [4.69, 9.17) is 16.3 Å². The van der Waals surface area contributed by atoms with E-state index in [0.717, 1.165) is 31.2 Å². The number of nitrogens with one attached hydrogen (secondary N) is 3. The number of piperazine rings is 1. The summed E-state index contributed by atoms with van der Waals surface area (Å²) in [6.07, 6.45) is 0.641. The van der Waals surface area contributed by atoms with E-state index >= 15 is 0 Å². The van der Waals surface area contributed by atoms with Crippen molar-refractivity contribution in [2.75, 3.05) is 44.2 Å². The van der Waals surface area contributed by atoms with Crippen molar-refractivity contribution < 1.29 is 19.2 Å². The fraction of sp³-hybridized carbons (Fsp3) is 0.524. The Bertz CT molecular complexity index is 803. The molecule has 0 saturated carbocycles. The molecule has 2 heterocycles. The van der Waals surface area contributed by atoms with Crippen molar-refractivity contribution in [2.45, 2.75) is 33.2 Å². The molecule has 2 aliphatic heterocycles. The summed E-state index contributed by atoms with van der Waals surface area (Å²) in [7, 11) is 0. The summed E-state index contributed by atoms with van der Waals surface area (Å²) < 4.78 is 5.25. The van der Waals surface area contributed by atoms with Crippen molar-refractivity contribution in [3.8, 4) is 0 Å². The van der Waals surface area contributed by atoms with Gasteiger partial charge in [-0.2, -0.15) is 0 Å². The molecule has 0 spiro atoms. The van der Waals surface area contributed by atoms with Crippen LogP contribution in [0, 0.1) is 6.92 Å². The van der Waals surface area contributed by atoms with Crippen molar-refractivity contribution in [2.24, 2.45) is 0 Å². The zero-order valence-electron chi connectivity index (χ0n) is 17.3. The lowest BCUT2D eigenvalue weighted by atomic mass is 10.00. The highest BCUT2D eigenvalue weighted by molar-refractivity contribution is 6.30. The van der Waals surface area contributed by atoms with Gasteiger partial charge in [0.15, 0.2) is 0 Å². The first kappa shape index (κ1) is 21.5. The first-order valence-corrected chi connectivity index (χ1v) is 10.6. The van der Waals surface area contributed by atoms with Gasteiger partial charge < -0.3 is 25.2 Å². The molecule has 1 saturated heterocycles. The maximum absolute atomic E-state index is 12.5. The highest BCUT2D eigenvalue weighted by Gasteiger charge is 2.34. The summed E-state index contributed by atoms with van der Waals surface area (Å²) >= 11 is 6.18. The predicted octanol–water partition coefficient (Wildman–Crippen LogP) is 1.26. The predicted molar refractivity (Wildman–Crippen MR) is 113 cm³/mol. The Kier molecular flexibility index (Phi) is 7.03. The Labute approximate surface area is 177 Å². The first-order chi connectivity index (χ1) is 13.9. The molecule has 0 bridgehead atoms. The highest BCUT2D eigenvalue weighted by atomic mass is 35.5. The number of quaternary nitrogens is 1. The van der Waals surface area contributed by atoms with Crippen LogP contribution in [0.1, 0.15) is 25.8 Å². The molecule has 1 aromatic carbocycles. The number of ether oxygens (including phenoxy) is 1. The van der Waals surface area contributed by atoms with Gasteiger partial charge in [0.25, 0.3) is 0 Å². The average molecular weight is 422 g/mol. The molecule has 0 aromatic heterocycles. The van der Waals surface area contributed by atoms with E-state index in [-0.39, 0.29) is 18.0 Å². The van der Waals surface area contributed by atoms with Crippen LogP contribution in [0.5, 0.6) is 0 Å². The van der Waals surface area contributed by atoms with E-state index in [1.54, 1.807) is 6.92 Å². The van der Waals surface area contributed by atoms with Crippen LogP contribution in [0.15, 0.2) is 29.5 Å². The number of esters is 1. The van der Waals surface area contributed by atoms with Crippen molar-refractivity contribution in [3.63, 3.8) is 0 Å². The number of benzene rings is 1. The first-order valence-electron chi connectivity index (χ1n) is 10.2. The van der Waals surface area contributed by atoms with E-state index in [1.165, 1.54) is 16.2 Å². The fourth-order valence-electron chi connectivity index (χ4n) is 4.01. The van der Waals surface area contributed by atoms with Gasteiger partial charge in [0.05, 0.1) is 50.1 Å². The largest absolute Gasteiger partial charge is 0.463 e. The number of hydrogen-bond donors (Lipinski definition) is 3. The van der Waals surface area contributed by atoms with Gasteiger partial charge in [-0.05, 0) is 38.0 Å². The quantitative estimate of drug-likeness (QED) is 0.604. The smallest absolute Gasteiger partial charge is 0.338 e. The van der Waals surface area contributed by atoms with Crippen LogP contribution >= 0.6 is 11.6 Å². The second-order valence-corrected chi connectivity index (χ2v) is 7.95. The molecule has 8 heteroatoms. The van der Waals surface area contributed by atoms with Gasteiger partial charge in [0.1, 0.15) is 6.54 Å². The van der Waals surface area contributed by atoms with Gasteiger partial charge >= 0.3 is 12.0 Å². The Hall–Kier alpha value is -2.25. The molecule has 0 unspecified atom stereocenters. The van der Waals surface area contributed by atoms with Crippen LogP contribution in [0.4, 0.5) is 10.5 Å². The monoisotopic (exact) mass is 421 g/mol. The maximum atomic E-state index is 12.5. The zero-order chi connectivity index (χ0) is 21.0. The van der Waals surface area contributed by atoms with Gasteiger partial charge in [-0.1, -0.05) is 24.6 Å². The van der Waals surface area contributed by atoms with Crippen molar-refractivity contribution in [1.29, 1.82) is 0 Å². The van der Waals surface area contributed by atoms with Gasteiger partial charge in [0.2, 0.25) is 0 Å². The Balaban J connectivity index is 1.72. The lowest BCUT2D eigenvalue weighted by Crippen LogP contribution is -3.15. The minimum Gasteiger partial charge on any atom is -0.463 e. The number of hydrogen-bond acceptors (Lipinski definition) is 4.